The van der Waals surface area contributed by atoms with Crippen LogP contribution in [0.3, 0.4) is 0 Å². The van der Waals surface area contributed by atoms with Gasteiger partial charge in [-0.1, -0.05) is 19.9 Å². The van der Waals surface area contributed by atoms with Gasteiger partial charge in [0.1, 0.15) is 12.6 Å². The van der Waals surface area contributed by atoms with Crippen LogP contribution >= 0.6 is 0 Å². The summed E-state index contributed by atoms with van der Waals surface area (Å²) in [5, 5.41) is 0. The highest BCUT2D eigenvalue weighted by Gasteiger charge is 2.24. The summed E-state index contributed by atoms with van der Waals surface area (Å²) in [6.45, 7) is 6.12. The Hall–Kier alpha value is -1.53. The molecule has 0 saturated carbocycles. The van der Waals surface area contributed by atoms with Crippen LogP contribution in [-0.4, -0.2) is 87.0 Å². The highest BCUT2D eigenvalue weighted by Crippen LogP contribution is 2.13. The molecule has 0 aromatic heterocycles. The molecular formula is C18H33N3O3. The molecule has 24 heavy (non-hydrogen) atoms. The molecule has 0 N–H and O–H groups in total. The van der Waals surface area contributed by atoms with Crippen molar-refractivity contribution in [1.29, 1.82) is 0 Å². The van der Waals surface area contributed by atoms with Crippen LogP contribution in [0.5, 0.6) is 0 Å². The number of carbonyl (C=O) groups excluding carboxylic acids is 3. The van der Waals surface area contributed by atoms with Gasteiger partial charge in [-0.2, -0.15) is 0 Å². The molecule has 0 aliphatic carbocycles. The van der Waals surface area contributed by atoms with E-state index in [1.54, 1.807) is 11.0 Å². The smallest absolute Gasteiger partial charge is 0.246 e. The first kappa shape index (κ1) is 22.5. The summed E-state index contributed by atoms with van der Waals surface area (Å²) in [6.07, 6.45) is 6.17. The Labute approximate surface area is 146 Å². The standard InChI is InChI=1S/C11H18N2O2.C7H15NO/c1-12(2)6-3-4-11(15)13-7-5-10(8-13)9-14;1-6(2)7(5-9)8(3)4/h3-4,9-10H,5-8H2,1-2H3;5-7H,1-4H3/b4-3+;. The lowest BCUT2D eigenvalue weighted by Crippen LogP contribution is -2.33. The van der Waals surface area contributed by atoms with E-state index >= 15 is 0 Å². The number of likely N-dealkylation sites (tertiary alicyclic amines) is 1. The van der Waals surface area contributed by atoms with Crippen molar-refractivity contribution in [1.82, 2.24) is 14.7 Å². The Morgan fingerprint density at radius 3 is 2.17 bits per heavy atom. The van der Waals surface area contributed by atoms with Crippen molar-refractivity contribution in [3.63, 3.8) is 0 Å². The fourth-order valence-corrected chi connectivity index (χ4v) is 2.44. The molecule has 1 rings (SSSR count). The van der Waals surface area contributed by atoms with E-state index in [-0.39, 0.29) is 17.9 Å². The van der Waals surface area contributed by atoms with Crippen LogP contribution in [-0.2, 0) is 14.4 Å². The molecule has 0 bridgehead atoms. The second-order valence-corrected chi connectivity index (χ2v) is 6.97. The van der Waals surface area contributed by atoms with Gasteiger partial charge in [-0.15, -0.1) is 0 Å². The highest BCUT2D eigenvalue weighted by atomic mass is 16.2. The summed E-state index contributed by atoms with van der Waals surface area (Å²) < 4.78 is 0. The van der Waals surface area contributed by atoms with Crippen molar-refractivity contribution in [2.75, 3.05) is 47.8 Å². The predicted molar refractivity (Wildman–Crippen MR) is 96.8 cm³/mol. The van der Waals surface area contributed by atoms with Gasteiger partial charge in [0.15, 0.2) is 0 Å². The molecule has 0 spiro atoms. The van der Waals surface area contributed by atoms with Gasteiger partial charge >= 0.3 is 0 Å². The van der Waals surface area contributed by atoms with Crippen LogP contribution in [0.25, 0.3) is 0 Å². The van der Waals surface area contributed by atoms with Gasteiger partial charge in [0.25, 0.3) is 0 Å². The van der Waals surface area contributed by atoms with Crippen molar-refractivity contribution in [2.45, 2.75) is 26.3 Å². The lowest BCUT2D eigenvalue weighted by Gasteiger charge is -2.21. The molecule has 0 aromatic rings. The van der Waals surface area contributed by atoms with Crippen LogP contribution < -0.4 is 0 Å². The van der Waals surface area contributed by atoms with E-state index in [2.05, 4.69) is 0 Å². The third-order valence-corrected chi connectivity index (χ3v) is 3.88. The Kier molecular flexibility index (Phi) is 11.2. The van der Waals surface area contributed by atoms with Crippen molar-refractivity contribution in [2.24, 2.45) is 11.8 Å². The first-order valence-electron chi connectivity index (χ1n) is 8.40. The van der Waals surface area contributed by atoms with Crippen LogP contribution in [0.2, 0.25) is 0 Å². The van der Waals surface area contributed by atoms with E-state index in [0.717, 1.165) is 25.5 Å². The second kappa shape index (κ2) is 11.9. The number of rotatable bonds is 7. The fraction of sp³-hybridized carbons (Fsp3) is 0.722. The number of hydrogen-bond donors (Lipinski definition) is 0. The second-order valence-electron chi connectivity index (χ2n) is 6.97. The number of hydrogen-bond acceptors (Lipinski definition) is 5. The summed E-state index contributed by atoms with van der Waals surface area (Å²) in [4.78, 5) is 38.1. The molecule has 0 aromatic carbocycles. The van der Waals surface area contributed by atoms with Crippen LogP contribution in [0.4, 0.5) is 0 Å². The van der Waals surface area contributed by atoms with Crippen LogP contribution in [0, 0.1) is 11.8 Å². The Morgan fingerprint density at radius 1 is 1.21 bits per heavy atom. The molecule has 1 saturated heterocycles. The monoisotopic (exact) mass is 339 g/mol. The topological polar surface area (TPSA) is 60.9 Å². The van der Waals surface area contributed by atoms with Gasteiger partial charge < -0.3 is 19.4 Å². The number of nitrogens with zero attached hydrogens (tertiary/aromatic N) is 3. The number of aldehydes is 2. The lowest BCUT2D eigenvalue weighted by molar-refractivity contribution is -0.125. The molecule has 1 fully saturated rings. The van der Waals surface area contributed by atoms with E-state index in [0.29, 0.717) is 19.0 Å². The van der Waals surface area contributed by atoms with Gasteiger partial charge in [0, 0.05) is 31.6 Å². The van der Waals surface area contributed by atoms with E-state index in [1.165, 1.54) is 0 Å². The zero-order chi connectivity index (χ0) is 18.7. The van der Waals surface area contributed by atoms with Crippen LogP contribution in [0.1, 0.15) is 20.3 Å². The van der Waals surface area contributed by atoms with Gasteiger partial charge in [-0.25, -0.2) is 0 Å². The number of amides is 1. The zero-order valence-corrected chi connectivity index (χ0v) is 15.9. The van der Waals surface area contributed by atoms with Gasteiger partial charge in [-0.05, 0) is 40.5 Å². The average Bonchev–Trinajstić information content (AvgIpc) is 2.96. The van der Waals surface area contributed by atoms with Gasteiger partial charge in [0.2, 0.25) is 5.91 Å². The van der Waals surface area contributed by atoms with Gasteiger partial charge in [-0.3, -0.25) is 9.69 Å². The molecule has 1 heterocycles. The van der Waals surface area contributed by atoms with E-state index in [4.69, 9.17) is 0 Å². The Balaban J connectivity index is 0.000000506. The maximum Gasteiger partial charge on any atom is 0.246 e. The molecule has 1 aliphatic heterocycles. The SMILES string of the molecule is CC(C)C(C=O)N(C)C.CN(C)C/C=C/C(=O)N1CCC(C=O)C1. The summed E-state index contributed by atoms with van der Waals surface area (Å²) in [6, 6.07) is 0.0741. The van der Waals surface area contributed by atoms with Gasteiger partial charge in [0.05, 0.1) is 6.04 Å². The summed E-state index contributed by atoms with van der Waals surface area (Å²) in [7, 11) is 7.73. The third kappa shape index (κ3) is 8.93. The molecule has 6 nitrogen and oxygen atoms in total. The number of likely N-dealkylation sites (N-methyl/N-ethyl adjacent to an activating group) is 2. The minimum Gasteiger partial charge on any atom is -0.338 e. The molecule has 138 valence electrons. The average molecular weight is 339 g/mol. The van der Waals surface area contributed by atoms with E-state index < -0.39 is 0 Å². The summed E-state index contributed by atoms with van der Waals surface area (Å²) in [5.41, 5.74) is 0. The first-order valence-corrected chi connectivity index (χ1v) is 8.40. The van der Waals surface area contributed by atoms with Crippen molar-refractivity contribution in [3.05, 3.63) is 12.2 Å². The molecule has 6 heteroatoms. The largest absolute Gasteiger partial charge is 0.338 e. The molecular weight excluding hydrogens is 306 g/mol. The maximum atomic E-state index is 11.6. The quantitative estimate of drug-likeness (QED) is 0.510. The Morgan fingerprint density at radius 2 is 1.83 bits per heavy atom. The van der Waals surface area contributed by atoms with Crippen molar-refractivity contribution >= 4 is 18.5 Å². The maximum absolute atomic E-state index is 11.6. The molecule has 0 radical (unpaired) electrons. The molecule has 2 unspecified atom stereocenters. The normalized spacial score (nSPS) is 18.9. The van der Waals surface area contributed by atoms with Crippen molar-refractivity contribution < 1.29 is 14.4 Å². The zero-order valence-electron chi connectivity index (χ0n) is 15.9. The number of carbonyl (C=O) groups is 3. The third-order valence-electron chi connectivity index (χ3n) is 3.88. The lowest BCUT2D eigenvalue weighted by atomic mass is 10.1. The highest BCUT2D eigenvalue weighted by molar-refractivity contribution is 5.88. The first-order chi connectivity index (χ1) is 11.2. The Bertz CT molecular complexity index is 412. The fourth-order valence-electron chi connectivity index (χ4n) is 2.44. The minimum atomic E-state index is 0.0150. The minimum absolute atomic E-state index is 0.0150. The molecule has 2 atom stereocenters. The predicted octanol–water partition coefficient (Wildman–Crippen LogP) is 0.923. The van der Waals surface area contributed by atoms with E-state index in [9.17, 15) is 14.4 Å². The molecule has 1 amide bonds. The summed E-state index contributed by atoms with van der Waals surface area (Å²) >= 11 is 0. The van der Waals surface area contributed by atoms with E-state index in [1.807, 2.05) is 57.9 Å². The van der Waals surface area contributed by atoms with Crippen molar-refractivity contribution in [3.8, 4) is 0 Å². The van der Waals surface area contributed by atoms with Crippen LogP contribution in [0.15, 0.2) is 12.2 Å². The molecule has 1 aliphatic rings. The summed E-state index contributed by atoms with van der Waals surface area (Å²) in [5.74, 6) is 0.467.